The summed E-state index contributed by atoms with van der Waals surface area (Å²) >= 11 is 3.40. The third-order valence-electron chi connectivity index (χ3n) is 4.15. The lowest BCUT2D eigenvalue weighted by molar-refractivity contribution is -0.123. The molecule has 0 heterocycles. The number of carbonyl (C=O) groups excluding carboxylic acids is 1. The summed E-state index contributed by atoms with van der Waals surface area (Å²) in [6.07, 6.45) is 0.838. The third-order valence-corrected chi connectivity index (χ3v) is 4.68. The van der Waals surface area contributed by atoms with Gasteiger partial charge in [0.05, 0.1) is 6.04 Å². The van der Waals surface area contributed by atoms with Crippen LogP contribution in [0.15, 0.2) is 53.0 Å². The van der Waals surface area contributed by atoms with Crippen LogP contribution in [0.25, 0.3) is 0 Å². The van der Waals surface area contributed by atoms with Crippen molar-refractivity contribution in [3.05, 3.63) is 69.9 Å². The topological polar surface area (TPSA) is 29.1 Å². The molecular weight excluding hydrogens is 345 g/mol. The molecule has 4 heteroatoms. The monoisotopic (exact) mass is 361 g/mol. The van der Waals surface area contributed by atoms with Gasteiger partial charge in [-0.3, -0.25) is 4.79 Å². The number of nitrogens with one attached hydrogen (secondary N) is 1. The smallest absolute Gasteiger partial charge is 0.224 e. The van der Waals surface area contributed by atoms with Crippen molar-refractivity contribution in [1.29, 1.82) is 0 Å². The summed E-state index contributed by atoms with van der Waals surface area (Å²) in [4.78, 5) is 12.3. The van der Waals surface area contributed by atoms with Crippen LogP contribution in [0.5, 0.6) is 0 Å². The number of rotatable bonds is 4. The van der Waals surface area contributed by atoms with E-state index in [1.165, 1.54) is 12.1 Å². The Bertz CT molecular complexity index is 668. The maximum absolute atomic E-state index is 12.9. The molecule has 0 spiro atoms. The van der Waals surface area contributed by atoms with E-state index in [1.54, 1.807) is 12.1 Å². The first-order chi connectivity index (χ1) is 10.5. The Labute approximate surface area is 137 Å². The van der Waals surface area contributed by atoms with Gasteiger partial charge < -0.3 is 5.32 Å². The van der Waals surface area contributed by atoms with Crippen molar-refractivity contribution in [2.45, 2.75) is 25.3 Å². The standard InChI is InChI=1S/C18H17BrFNO/c1-11(12-2-6-14(19)7-3-12)21-18(22)17-10-16(17)13-4-8-15(20)9-5-13/h2-9,11,16-17H,10H2,1H3,(H,21,22). The number of benzene rings is 2. The van der Waals surface area contributed by atoms with E-state index in [-0.39, 0.29) is 29.6 Å². The van der Waals surface area contributed by atoms with Gasteiger partial charge in [0.25, 0.3) is 0 Å². The summed E-state index contributed by atoms with van der Waals surface area (Å²) < 4.78 is 14.0. The van der Waals surface area contributed by atoms with Crippen LogP contribution in [0.3, 0.4) is 0 Å². The minimum absolute atomic E-state index is 0.00311. The lowest BCUT2D eigenvalue weighted by atomic mass is 10.1. The highest BCUT2D eigenvalue weighted by molar-refractivity contribution is 9.10. The highest BCUT2D eigenvalue weighted by Gasteiger charge is 2.44. The molecule has 2 nitrogen and oxygen atoms in total. The van der Waals surface area contributed by atoms with Crippen molar-refractivity contribution < 1.29 is 9.18 Å². The van der Waals surface area contributed by atoms with Crippen LogP contribution in [0, 0.1) is 11.7 Å². The minimum atomic E-state index is -0.241. The Hall–Kier alpha value is -1.68. The molecule has 3 rings (SSSR count). The highest BCUT2D eigenvalue weighted by atomic mass is 79.9. The van der Waals surface area contributed by atoms with Crippen molar-refractivity contribution in [3.8, 4) is 0 Å². The molecular formula is C18H17BrFNO. The van der Waals surface area contributed by atoms with E-state index in [2.05, 4.69) is 21.2 Å². The second-order valence-electron chi connectivity index (χ2n) is 5.78. The van der Waals surface area contributed by atoms with Gasteiger partial charge in [-0.2, -0.15) is 0 Å². The van der Waals surface area contributed by atoms with Gasteiger partial charge >= 0.3 is 0 Å². The fourth-order valence-electron chi connectivity index (χ4n) is 2.72. The second kappa shape index (κ2) is 6.21. The molecule has 1 fully saturated rings. The van der Waals surface area contributed by atoms with Gasteiger partial charge in [0, 0.05) is 10.4 Å². The van der Waals surface area contributed by atoms with Crippen LogP contribution in [0.2, 0.25) is 0 Å². The molecule has 3 unspecified atom stereocenters. The van der Waals surface area contributed by atoms with Gasteiger partial charge in [-0.15, -0.1) is 0 Å². The Morgan fingerprint density at radius 3 is 2.45 bits per heavy atom. The van der Waals surface area contributed by atoms with Crippen LogP contribution >= 0.6 is 15.9 Å². The van der Waals surface area contributed by atoms with Gasteiger partial charge in [0.15, 0.2) is 0 Å². The molecule has 1 aliphatic rings. The van der Waals surface area contributed by atoms with Crippen LogP contribution in [0.1, 0.15) is 36.4 Å². The largest absolute Gasteiger partial charge is 0.349 e. The molecule has 0 aliphatic heterocycles. The second-order valence-corrected chi connectivity index (χ2v) is 6.70. The highest BCUT2D eigenvalue weighted by Crippen LogP contribution is 2.47. The molecule has 0 saturated heterocycles. The number of hydrogen-bond acceptors (Lipinski definition) is 1. The lowest BCUT2D eigenvalue weighted by Crippen LogP contribution is -2.28. The maximum atomic E-state index is 12.9. The Kier molecular flexibility index (Phi) is 4.30. The fourth-order valence-corrected chi connectivity index (χ4v) is 2.98. The molecule has 22 heavy (non-hydrogen) atoms. The van der Waals surface area contributed by atoms with Gasteiger partial charge in [-0.05, 0) is 54.7 Å². The van der Waals surface area contributed by atoms with Crippen LogP contribution < -0.4 is 5.32 Å². The third kappa shape index (κ3) is 3.38. The van der Waals surface area contributed by atoms with E-state index in [0.717, 1.165) is 22.0 Å². The normalized spacial score (nSPS) is 21.2. The Balaban J connectivity index is 1.59. The fraction of sp³-hybridized carbons (Fsp3) is 0.278. The summed E-state index contributed by atoms with van der Waals surface area (Å²) in [6, 6.07) is 14.4. The molecule has 1 N–H and O–H groups in total. The van der Waals surface area contributed by atoms with Gasteiger partial charge in [0.2, 0.25) is 5.91 Å². The van der Waals surface area contributed by atoms with Crippen molar-refractivity contribution in [1.82, 2.24) is 5.32 Å². The first-order valence-corrected chi connectivity index (χ1v) is 8.15. The van der Waals surface area contributed by atoms with Crippen molar-refractivity contribution in [2.24, 2.45) is 5.92 Å². The van der Waals surface area contributed by atoms with Crippen molar-refractivity contribution in [2.75, 3.05) is 0 Å². The van der Waals surface area contributed by atoms with Crippen LogP contribution in [-0.2, 0) is 4.79 Å². The molecule has 0 aromatic heterocycles. The summed E-state index contributed by atoms with van der Waals surface area (Å²) in [5.74, 6) is 0.0556. The molecule has 0 radical (unpaired) electrons. The molecule has 3 atom stereocenters. The Morgan fingerprint density at radius 1 is 1.18 bits per heavy atom. The van der Waals surface area contributed by atoms with E-state index in [9.17, 15) is 9.18 Å². The zero-order valence-electron chi connectivity index (χ0n) is 12.2. The van der Waals surface area contributed by atoms with E-state index in [0.29, 0.717) is 0 Å². The molecule has 1 aliphatic carbocycles. The number of hydrogen-bond donors (Lipinski definition) is 1. The van der Waals surface area contributed by atoms with Gasteiger partial charge in [0.1, 0.15) is 5.82 Å². The predicted octanol–water partition coefficient (Wildman–Crippen LogP) is 4.57. The summed E-state index contributed by atoms with van der Waals surface area (Å²) in [5.41, 5.74) is 2.12. The summed E-state index contributed by atoms with van der Waals surface area (Å²) in [6.45, 7) is 1.98. The molecule has 0 bridgehead atoms. The zero-order chi connectivity index (χ0) is 15.7. The van der Waals surface area contributed by atoms with E-state index < -0.39 is 0 Å². The van der Waals surface area contributed by atoms with Crippen LogP contribution in [0.4, 0.5) is 4.39 Å². The van der Waals surface area contributed by atoms with E-state index in [4.69, 9.17) is 0 Å². The van der Waals surface area contributed by atoms with Crippen molar-refractivity contribution in [3.63, 3.8) is 0 Å². The molecule has 114 valence electrons. The summed E-state index contributed by atoms with van der Waals surface area (Å²) in [7, 11) is 0. The molecule has 1 amide bonds. The van der Waals surface area contributed by atoms with Crippen LogP contribution in [-0.4, -0.2) is 5.91 Å². The minimum Gasteiger partial charge on any atom is -0.349 e. The zero-order valence-corrected chi connectivity index (χ0v) is 13.8. The van der Waals surface area contributed by atoms with Crippen molar-refractivity contribution >= 4 is 21.8 Å². The first-order valence-electron chi connectivity index (χ1n) is 7.36. The molecule has 2 aromatic rings. The first kappa shape index (κ1) is 15.2. The number of carbonyl (C=O) groups is 1. The maximum Gasteiger partial charge on any atom is 0.224 e. The number of amides is 1. The van der Waals surface area contributed by atoms with Gasteiger partial charge in [-0.1, -0.05) is 40.2 Å². The quantitative estimate of drug-likeness (QED) is 0.848. The predicted molar refractivity (Wildman–Crippen MR) is 87.9 cm³/mol. The lowest BCUT2D eigenvalue weighted by Gasteiger charge is -2.14. The molecule has 2 aromatic carbocycles. The summed E-state index contributed by atoms with van der Waals surface area (Å²) in [5, 5.41) is 3.06. The number of halogens is 2. The average molecular weight is 362 g/mol. The Morgan fingerprint density at radius 2 is 1.82 bits per heavy atom. The average Bonchev–Trinajstić information content (AvgIpc) is 3.29. The molecule has 1 saturated carbocycles. The van der Waals surface area contributed by atoms with E-state index >= 15 is 0 Å². The van der Waals surface area contributed by atoms with Gasteiger partial charge in [-0.25, -0.2) is 4.39 Å². The SMILES string of the molecule is CC(NC(=O)C1CC1c1ccc(F)cc1)c1ccc(Br)cc1. The van der Waals surface area contributed by atoms with E-state index in [1.807, 2.05) is 31.2 Å².